The first-order valence-corrected chi connectivity index (χ1v) is 9.18. The molecular weight excluding hydrogens is 354 g/mol. The number of carbonyl (C=O) groups is 1. The van der Waals surface area contributed by atoms with E-state index in [-0.39, 0.29) is 18.1 Å². The van der Waals surface area contributed by atoms with Crippen molar-refractivity contribution in [3.05, 3.63) is 40.7 Å². The van der Waals surface area contributed by atoms with Gasteiger partial charge in [0.1, 0.15) is 5.69 Å². The molecule has 138 valence electrons. The van der Waals surface area contributed by atoms with E-state index in [2.05, 4.69) is 18.1 Å². The van der Waals surface area contributed by atoms with Crippen molar-refractivity contribution in [2.24, 2.45) is 12.5 Å². The van der Waals surface area contributed by atoms with Crippen LogP contribution in [0.2, 0.25) is 5.02 Å². The Labute approximate surface area is 157 Å². The summed E-state index contributed by atoms with van der Waals surface area (Å²) in [6, 6.07) is 6.09. The fraction of sp³-hybridized carbons (Fsp3) is 0.474. The fourth-order valence-corrected chi connectivity index (χ4v) is 4.22. The first-order chi connectivity index (χ1) is 12.5. The molecule has 1 aromatic heterocycles. The number of ether oxygens (including phenoxy) is 2. The van der Waals surface area contributed by atoms with Crippen LogP contribution in [0.15, 0.2) is 24.4 Å². The number of likely N-dealkylation sites (tertiary alicyclic amines) is 1. The Bertz CT molecular complexity index is 831. The summed E-state index contributed by atoms with van der Waals surface area (Å²) in [5.74, 6) is 1.55. The van der Waals surface area contributed by atoms with Crippen molar-refractivity contribution in [3.8, 4) is 11.5 Å². The molecule has 0 spiro atoms. The van der Waals surface area contributed by atoms with Crippen LogP contribution >= 0.6 is 11.6 Å². The third kappa shape index (κ3) is 3.14. The SMILES string of the molecule is Cn1ncc(Cl)c1C(=O)N1CCCC(C)(Cc2ccc3c(c2)OCO3)C1. The molecular formula is C19H22ClN3O3. The molecule has 1 aromatic carbocycles. The molecule has 1 unspecified atom stereocenters. The summed E-state index contributed by atoms with van der Waals surface area (Å²) in [4.78, 5) is 14.8. The average molecular weight is 376 g/mol. The lowest BCUT2D eigenvalue weighted by molar-refractivity contribution is 0.0540. The van der Waals surface area contributed by atoms with Crippen LogP contribution in [0.3, 0.4) is 0 Å². The van der Waals surface area contributed by atoms with Gasteiger partial charge in [-0.05, 0) is 42.4 Å². The minimum atomic E-state index is -0.0494. The van der Waals surface area contributed by atoms with Crippen LogP contribution in [0, 0.1) is 5.41 Å². The number of aryl methyl sites for hydroxylation is 1. The molecule has 0 bridgehead atoms. The van der Waals surface area contributed by atoms with Gasteiger partial charge in [0.05, 0.1) is 11.2 Å². The predicted octanol–water partition coefficient (Wildman–Crippen LogP) is 3.29. The second-order valence-corrected chi connectivity index (χ2v) is 7.88. The summed E-state index contributed by atoms with van der Waals surface area (Å²) in [5, 5.41) is 4.48. The molecule has 4 rings (SSSR count). The van der Waals surface area contributed by atoms with Crippen molar-refractivity contribution in [1.29, 1.82) is 0 Å². The van der Waals surface area contributed by atoms with Gasteiger partial charge in [-0.25, -0.2) is 0 Å². The summed E-state index contributed by atoms with van der Waals surface area (Å²) in [5.41, 5.74) is 1.66. The third-order valence-electron chi connectivity index (χ3n) is 5.23. The summed E-state index contributed by atoms with van der Waals surface area (Å²) in [7, 11) is 1.74. The minimum Gasteiger partial charge on any atom is -0.454 e. The van der Waals surface area contributed by atoms with E-state index in [1.54, 1.807) is 11.7 Å². The number of nitrogens with zero attached hydrogens (tertiary/aromatic N) is 3. The van der Waals surface area contributed by atoms with Gasteiger partial charge in [-0.3, -0.25) is 9.48 Å². The van der Waals surface area contributed by atoms with Crippen LogP contribution in [0.25, 0.3) is 0 Å². The second kappa shape index (κ2) is 6.50. The lowest BCUT2D eigenvalue weighted by Gasteiger charge is -2.40. The van der Waals surface area contributed by atoms with Gasteiger partial charge in [-0.1, -0.05) is 24.6 Å². The molecule has 2 aliphatic rings. The van der Waals surface area contributed by atoms with Crippen molar-refractivity contribution in [2.75, 3.05) is 19.9 Å². The van der Waals surface area contributed by atoms with Gasteiger partial charge < -0.3 is 14.4 Å². The number of piperidine rings is 1. The standard InChI is InChI=1S/C19H22ClN3O3/c1-19(9-13-4-5-15-16(8-13)26-12-25-15)6-3-7-23(11-19)18(24)17-14(20)10-21-22(17)2/h4-5,8,10H,3,6-7,9,11-12H2,1-2H3. The highest BCUT2D eigenvalue weighted by Gasteiger charge is 2.35. The van der Waals surface area contributed by atoms with Crippen molar-refractivity contribution < 1.29 is 14.3 Å². The van der Waals surface area contributed by atoms with E-state index in [0.717, 1.165) is 37.3 Å². The minimum absolute atomic E-state index is 0.00662. The van der Waals surface area contributed by atoms with E-state index in [0.29, 0.717) is 17.3 Å². The van der Waals surface area contributed by atoms with Crippen LogP contribution in [0.1, 0.15) is 35.8 Å². The number of benzene rings is 1. The summed E-state index contributed by atoms with van der Waals surface area (Å²) < 4.78 is 12.4. The molecule has 1 atom stereocenters. The Morgan fingerprint density at radius 1 is 1.35 bits per heavy atom. The number of amides is 1. The van der Waals surface area contributed by atoms with E-state index in [4.69, 9.17) is 21.1 Å². The topological polar surface area (TPSA) is 56.6 Å². The van der Waals surface area contributed by atoms with Gasteiger partial charge in [-0.2, -0.15) is 5.10 Å². The molecule has 26 heavy (non-hydrogen) atoms. The summed E-state index contributed by atoms with van der Waals surface area (Å²) in [6.45, 7) is 3.96. The first-order valence-electron chi connectivity index (χ1n) is 8.80. The lowest BCUT2D eigenvalue weighted by atomic mass is 9.77. The van der Waals surface area contributed by atoms with Gasteiger partial charge in [0.25, 0.3) is 5.91 Å². The van der Waals surface area contributed by atoms with Gasteiger partial charge in [0, 0.05) is 20.1 Å². The number of carbonyl (C=O) groups excluding carboxylic acids is 1. The van der Waals surface area contributed by atoms with E-state index in [1.165, 1.54) is 11.8 Å². The maximum atomic E-state index is 12.9. The van der Waals surface area contributed by atoms with Crippen LogP contribution < -0.4 is 9.47 Å². The monoisotopic (exact) mass is 375 g/mol. The van der Waals surface area contributed by atoms with Crippen LogP contribution in [0.4, 0.5) is 0 Å². The lowest BCUT2D eigenvalue weighted by Crippen LogP contribution is -2.46. The van der Waals surface area contributed by atoms with Gasteiger partial charge in [0.2, 0.25) is 6.79 Å². The average Bonchev–Trinajstić information content (AvgIpc) is 3.20. The van der Waals surface area contributed by atoms with Crippen molar-refractivity contribution in [1.82, 2.24) is 14.7 Å². The molecule has 1 amide bonds. The second-order valence-electron chi connectivity index (χ2n) is 7.47. The Morgan fingerprint density at radius 2 is 2.15 bits per heavy atom. The molecule has 0 N–H and O–H groups in total. The number of fused-ring (bicyclic) bond motifs is 1. The van der Waals surface area contributed by atoms with Crippen LogP contribution in [0.5, 0.6) is 11.5 Å². The molecule has 7 heteroatoms. The highest BCUT2D eigenvalue weighted by Crippen LogP contribution is 2.38. The van der Waals surface area contributed by atoms with Gasteiger partial charge in [-0.15, -0.1) is 0 Å². The Kier molecular flexibility index (Phi) is 4.31. The van der Waals surface area contributed by atoms with Crippen LogP contribution in [-0.4, -0.2) is 40.5 Å². The molecule has 3 heterocycles. The first kappa shape index (κ1) is 17.2. The zero-order valence-electron chi connectivity index (χ0n) is 15.0. The zero-order valence-corrected chi connectivity index (χ0v) is 15.8. The highest BCUT2D eigenvalue weighted by molar-refractivity contribution is 6.33. The van der Waals surface area contributed by atoms with Gasteiger partial charge >= 0.3 is 0 Å². The molecule has 1 fully saturated rings. The van der Waals surface area contributed by atoms with E-state index in [1.807, 2.05) is 17.0 Å². The molecule has 0 saturated carbocycles. The normalized spacial score (nSPS) is 21.9. The number of hydrogen-bond acceptors (Lipinski definition) is 4. The maximum absolute atomic E-state index is 12.9. The van der Waals surface area contributed by atoms with E-state index in [9.17, 15) is 4.79 Å². The fourth-order valence-electron chi connectivity index (χ4n) is 3.98. The Morgan fingerprint density at radius 3 is 2.92 bits per heavy atom. The van der Waals surface area contributed by atoms with Crippen molar-refractivity contribution >= 4 is 17.5 Å². The van der Waals surface area contributed by atoms with E-state index < -0.39 is 0 Å². The summed E-state index contributed by atoms with van der Waals surface area (Å²) >= 11 is 6.16. The third-order valence-corrected chi connectivity index (χ3v) is 5.51. The highest BCUT2D eigenvalue weighted by atomic mass is 35.5. The number of rotatable bonds is 3. The smallest absolute Gasteiger partial charge is 0.273 e. The predicted molar refractivity (Wildman–Crippen MR) is 97.7 cm³/mol. The molecule has 0 aliphatic carbocycles. The summed E-state index contributed by atoms with van der Waals surface area (Å²) in [6.07, 6.45) is 4.45. The van der Waals surface area contributed by atoms with Crippen molar-refractivity contribution in [2.45, 2.75) is 26.2 Å². The number of hydrogen-bond donors (Lipinski definition) is 0. The zero-order chi connectivity index (χ0) is 18.3. The molecule has 1 saturated heterocycles. The van der Waals surface area contributed by atoms with Crippen LogP contribution in [-0.2, 0) is 13.5 Å². The Balaban J connectivity index is 1.51. The Hall–Kier alpha value is -2.21. The maximum Gasteiger partial charge on any atom is 0.273 e. The molecule has 2 aliphatic heterocycles. The van der Waals surface area contributed by atoms with Gasteiger partial charge in [0.15, 0.2) is 11.5 Å². The molecule has 0 radical (unpaired) electrons. The number of halogens is 1. The largest absolute Gasteiger partial charge is 0.454 e. The quantitative estimate of drug-likeness (QED) is 0.826. The van der Waals surface area contributed by atoms with E-state index >= 15 is 0 Å². The number of aromatic nitrogens is 2. The van der Waals surface area contributed by atoms with Crippen molar-refractivity contribution in [3.63, 3.8) is 0 Å². The molecule has 6 nitrogen and oxygen atoms in total. The molecule has 2 aromatic rings.